The smallest absolute Gasteiger partial charge is 0.409 e. The lowest BCUT2D eigenvalue weighted by molar-refractivity contribution is -0.114. The van der Waals surface area contributed by atoms with Crippen LogP contribution in [-0.4, -0.2) is 26.6 Å². The summed E-state index contributed by atoms with van der Waals surface area (Å²) >= 11 is 0. The number of ether oxygens (including phenoxy) is 3. The molecule has 0 aliphatic carbocycles. The molecule has 0 aliphatic heterocycles. The number of benzene rings is 4. The Hall–Kier alpha value is -5.16. The number of nitrogens with one attached hydrogen (secondary N) is 1. The van der Waals surface area contributed by atoms with E-state index in [9.17, 15) is 22.8 Å². The third-order valence-corrected chi connectivity index (χ3v) is 6.75. The number of hydrogen-bond acceptors (Lipinski definition) is 8. The number of carbonyl (C=O) groups is 3. The molecule has 0 radical (unpaired) electrons. The summed E-state index contributed by atoms with van der Waals surface area (Å²) < 4.78 is 43.2. The van der Waals surface area contributed by atoms with Crippen molar-refractivity contribution in [2.45, 2.75) is 11.8 Å². The van der Waals surface area contributed by atoms with E-state index in [1.807, 2.05) is 0 Å². The zero-order valence-electron chi connectivity index (χ0n) is 20.5. The van der Waals surface area contributed by atoms with Crippen LogP contribution < -0.4 is 23.8 Å². The molecular weight excluding hydrogens is 524 g/mol. The predicted molar refractivity (Wildman–Crippen MR) is 142 cm³/mol. The Kier molecular flexibility index (Phi) is 8.22. The van der Waals surface area contributed by atoms with Gasteiger partial charge in [-0.1, -0.05) is 36.4 Å². The highest BCUT2D eigenvalue weighted by atomic mass is 32.2. The van der Waals surface area contributed by atoms with Crippen LogP contribution in [-0.2, 0) is 14.8 Å². The van der Waals surface area contributed by atoms with Crippen LogP contribution in [0, 0.1) is 0 Å². The van der Waals surface area contributed by atoms with Gasteiger partial charge in [0, 0.05) is 12.6 Å². The lowest BCUT2D eigenvalue weighted by atomic mass is 10.3. The van der Waals surface area contributed by atoms with Gasteiger partial charge in [0.2, 0.25) is 5.91 Å². The molecule has 10 nitrogen and oxygen atoms in total. The average Bonchev–Trinajstić information content (AvgIpc) is 2.91. The fourth-order valence-corrected chi connectivity index (χ4v) is 4.67. The summed E-state index contributed by atoms with van der Waals surface area (Å²) in [6.07, 6.45) is -2.19. The zero-order chi connectivity index (χ0) is 27.8. The first-order chi connectivity index (χ1) is 18.7. The third-order valence-electron chi connectivity index (χ3n) is 5.04. The Morgan fingerprint density at radius 3 is 1.64 bits per heavy atom. The molecule has 4 aromatic carbocycles. The molecule has 0 atom stereocenters. The fourth-order valence-electron chi connectivity index (χ4n) is 3.34. The third kappa shape index (κ3) is 6.99. The second kappa shape index (κ2) is 11.9. The largest absolute Gasteiger partial charge is 0.519 e. The minimum atomic E-state index is -4.48. The molecule has 0 bridgehead atoms. The number of nitrogens with zero attached hydrogens (tertiary/aromatic N) is 1. The minimum Gasteiger partial charge on any atom is -0.409 e. The van der Waals surface area contributed by atoms with E-state index in [0.29, 0.717) is 9.99 Å². The first kappa shape index (κ1) is 26.9. The maximum Gasteiger partial charge on any atom is 0.519 e. The maximum atomic E-state index is 13.6. The number of sulfonamides is 1. The van der Waals surface area contributed by atoms with Gasteiger partial charge in [-0.2, -0.15) is 4.31 Å². The normalized spacial score (nSPS) is 10.7. The van der Waals surface area contributed by atoms with Crippen molar-refractivity contribution < 1.29 is 37.0 Å². The molecule has 0 fully saturated rings. The van der Waals surface area contributed by atoms with Crippen molar-refractivity contribution in [1.82, 2.24) is 0 Å². The molecule has 198 valence electrons. The van der Waals surface area contributed by atoms with Gasteiger partial charge in [0.15, 0.2) is 0 Å². The zero-order valence-corrected chi connectivity index (χ0v) is 21.3. The number of amides is 2. The van der Waals surface area contributed by atoms with Crippen molar-refractivity contribution in [3.8, 4) is 17.2 Å². The molecule has 0 aliphatic rings. The van der Waals surface area contributed by atoms with Gasteiger partial charge in [0.1, 0.15) is 17.2 Å². The van der Waals surface area contributed by atoms with E-state index in [0.717, 1.165) is 0 Å². The molecule has 11 heteroatoms. The van der Waals surface area contributed by atoms with Gasteiger partial charge >= 0.3 is 12.2 Å². The summed E-state index contributed by atoms with van der Waals surface area (Å²) in [6.45, 7) is 1.32. The van der Waals surface area contributed by atoms with E-state index in [-0.39, 0.29) is 33.7 Å². The van der Waals surface area contributed by atoms with Gasteiger partial charge in [-0.15, -0.1) is 0 Å². The number of anilines is 2. The van der Waals surface area contributed by atoms with Gasteiger partial charge in [-0.3, -0.25) is 4.79 Å². The molecule has 4 rings (SSSR count). The highest BCUT2D eigenvalue weighted by Gasteiger charge is 2.33. The van der Waals surface area contributed by atoms with Crippen LogP contribution in [0.25, 0.3) is 0 Å². The molecule has 0 aromatic heterocycles. The second-order valence-corrected chi connectivity index (χ2v) is 9.70. The molecule has 39 heavy (non-hydrogen) atoms. The van der Waals surface area contributed by atoms with E-state index in [1.54, 1.807) is 48.5 Å². The lowest BCUT2D eigenvalue weighted by Gasteiger charge is -2.22. The Balaban J connectivity index is 1.61. The van der Waals surface area contributed by atoms with Crippen molar-refractivity contribution in [2.75, 3.05) is 9.62 Å². The lowest BCUT2D eigenvalue weighted by Crippen LogP contribution is -2.39. The van der Waals surface area contributed by atoms with Crippen LogP contribution in [0.1, 0.15) is 6.92 Å². The summed E-state index contributed by atoms with van der Waals surface area (Å²) in [6, 6.07) is 26.7. The second-order valence-electron chi connectivity index (χ2n) is 7.92. The Morgan fingerprint density at radius 1 is 0.641 bits per heavy atom. The minimum absolute atomic E-state index is 0.0492. The van der Waals surface area contributed by atoms with Gasteiger partial charge in [-0.25, -0.2) is 18.0 Å². The molecule has 0 saturated carbocycles. The van der Waals surface area contributed by atoms with E-state index >= 15 is 0 Å². The maximum absolute atomic E-state index is 13.6. The van der Waals surface area contributed by atoms with Crippen LogP contribution in [0.2, 0.25) is 0 Å². The average molecular weight is 547 g/mol. The number of hydrogen-bond donors (Lipinski definition) is 1. The van der Waals surface area contributed by atoms with Crippen LogP contribution in [0.4, 0.5) is 21.0 Å². The number of para-hydroxylation sites is 2. The molecule has 2 amide bonds. The quantitative estimate of drug-likeness (QED) is 0.234. The standard InChI is InChI=1S/C28H22N2O8S/c1-20(31)29-21-12-18-26(19-13-21)39(34,35)30(27(32)36-23-8-4-2-5-9-23)22-14-16-25(17-15-22)38-28(33)37-24-10-6-3-7-11-24/h2-19H,1H3,(H,29,31). The predicted octanol–water partition coefficient (Wildman–Crippen LogP) is 5.62. The summed E-state index contributed by atoms with van der Waals surface area (Å²) in [7, 11) is -4.48. The van der Waals surface area contributed by atoms with Crippen molar-refractivity contribution in [1.29, 1.82) is 0 Å². The molecule has 0 heterocycles. The van der Waals surface area contributed by atoms with E-state index in [2.05, 4.69) is 5.32 Å². The van der Waals surface area contributed by atoms with Crippen LogP contribution in [0.3, 0.4) is 0 Å². The molecular formula is C28H22N2O8S. The summed E-state index contributed by atoms with van der Waals surface area (Å²) in [5.41, 5.74) is 0.300. The first-order valence-corrected chi connectivity index (χ1v) is 12.9. The van der Waals surface area contributed by atoms with Gasteiger partial charge in [0.05, 0.1) is 10.6 Å². The van der Waals surface area contributed by atoms with Crippen LogP contribution >= 0.6 is 0 Å². The Bertz CT molecular complexity index is 1560. The number of rotatable bonds is 7. The molecule has 0 saturated heterocycles. The van der Waals surface area contributed by atoms with Crippen LogP contribution in [0.15, 0.2) is 114 Å². The van der Waals surface area contributed by atoms with Crippen LogP contribution in [0.5, 0.6) is 17.2 Å². The Morgan fingerprint density at radius 2 is 1.13 bits per heavy atom. The monoisotopic (exact) mass is 546 g/mol. The summed E-state index contributed by atoms with van der Waals surface area (Å²) in [5.74, 6) is 0.138. The fraction of sp³-hybridized carbons (Fsp3) is 0.0357. The molecule has 0 spiro atoms. The highest BCUT2D eigenvalue weighted by molar-refractivity contribution is 7.93. The van der Waals surface area contributed by atoms with Crippen molar-refractivity contribution in [2.24, 2.45) is 0 Å². The summed E-state index contributed by atoms with van der Waals surface area (Å²) in [5, 5.41) is 2.55. The SMILES string of the molecule is CC(=O)Nc1ccc(S(=O)(=O)N(C(=O)Oc2ccccc2)c2ccc(OC(=O)Oc3ccccc3)cc2)cc1. The van der Waals surface area contributed by atoms with E-state index in [4.69, 9.17) is 14.2 Å². The van der Waals surface area contributed by atoms with Crippen molar-refractivity contribution in [3.63, 3.8) is 0 Å². The topological polar surface area (TPSA) is 128 Å². The number of carbonyl (C=O) groups excluding carboxylic acids is 3. The van der Waals surface area contributed by atoms with Gasteiger partial charge in [-0.05, 0) is 72.8 Å². The summed E-state index contributed by atoms with van der Waals surface area (Å²) in [4.78, 5) is 36.3. The Labute approximate surface area is 224 Å². The first-order valence-electron chi connectivity index (χ1n) is 11.5. The molecule has 0 unspecified atom stereocenters. The molecule has 1 N–H and O–H groups in total. The van der Waals surface area contributed by atoms with Crippen molar-refractivity contribution >= 4 is 39.6 Å². The van der Waals surface area contributed by atoms with E-state index < -0.39 is 22.3 Å². The van der Waals surface area contributed by atoms with Gasteiger partial charge < -0.3 is 19.5 Å². The van der Waals surface area contributed by atoms with E-state index in [1.165, 1.54) is 67.6 Å². The molecule has 4 aromatic rings. The van der Waals surface area contributed by atoms with Crippen molar-refractivity contribution in [3.05, 3.63) is 109 Å². The van der Waals surface area contributed by atoms with Gasteiger partial charge in [0.25, 0.3) is 10.0 Å². The highest BCUT2D eigenvalue weighted by Crippen LogP contribution is 2.28.